The van der Waals surface area contributed by atoms with Gasteiger partial charge in [-0.3, -0.25) is 4.68 Å². The SMILES string of the molecule is Cc1ccc(Sc2cnn(C)c2)c(CNC(C)C)c1. The molecule has 0 aliphatic heterocycles. The molecule has 2 rings (SSSR count). The van der Waals surface area contributed by atoms with Gasteiger partial charge in [0.2, 0.25) is 0 Å². The fourth-order valence-electron chi connectivity index (χ4n) is 1.84. The van der Waals surface area contributed by atoms with E-state index in [4.69, 9.17) is 0 Å². The molecule has 0 unspecified atom stereocenters. The summed E-state index contributed by atoms with van der Waals surface area (Å²) in [5, 5.41) is 7.70. The minimum Gasteiger partial charge on any atom is -0.310 e. The smallest absolute Gasteiger partial charge is 0.0629 e. The van der Waals surface area contributed by atoms with Crippen LogP contribution in [0.15, 0.2) is 40.4 Å². The van der Waals surface area contributed by atoms with Crippen LogP contribution in [-0.2, 0) is 13.6 Å². The average molecular weight is 275 g/mol. The Balaban J connectivity index is 2.18. The van der Waals surface area contributed by atoms with Gasteiger partial charge in [-0.25, -0.2) is 0 Å². The second-order valence-electron chi connectivity index (χ2n) is 5.10. The highest BCUT2D eigenvalue weighted by molar-refractivity contribution is 7.99. The predicted octanol–water partition coefficient (Wildman–Crippen LogP) is 3.38. The first-order valence-electron chi connectivity index (χ1n) is 6.54. The van der Waals surface area contributed by atoms with Crippen molar-refractivity contribution in [2.75, 3.05) is 0 Å². The molecule has 1 heterocycles. The average Bonchev–Trinajstić information content (AvgIpc) is 2.75. The standard InChI is InChI=1S/C15H21N3S/c1-11(2)16-8-13-7-12(3)5-6-15(13)19-14-9-17-18(4)10-14/h5-7,9-11,16H,8H2,1-4H3. The largest absolute Gasteiger partial charge is 0.310 e. The van der Waals surface area contributed by atoms with E-state index in [2.05, 4.69) is 49.4 Å². The third-order valence-corrected chi connectivity index (χ3v) is 3.89. The second-order valence-corrected chi connectivity index (χ2v) is 6.21. The van der Waals surface area contributed by atoms with Crippen molar-refractivity contribution in [2.24, 2.45) is 7.05 Å². The third-order valence-electron chi connectivity index (χ3n) is 2.83. The van der Waals surface area contributed by atoms with Crippen molar-refractivity contribution in [2.45, 2.75) is 43.1 Å². The summed E-state index contributed by atoms with van der Waals surface area (Å²) >= 11 is 1.77. The van der Waals surface area contributed by atoms with Crippen molar-refractivity contribution in [1.82, 2.24) is 15.1 Å². The van der Waals surface area contributed by atoms with E-state index in [9.17, 15) is 0 Å². The van der Waals surface area contributed by atoms with E-state index in [0.717, 1.165) is 6.54 Å². The Morgan fingerprint density at radius 2 is 2.16 bits per heavy atom. The van der Waals surface area contributed by atoms with Gasteiger partial charge in [0.25, 0.3) is 0 Å². The molecule has 1 N–H and O–H groups in total. The topological polar surface area (TPSA) is 29.9 Å². The molecule has 19 heavy (non-hydrogen) atoms. The van der Waals surface area contributed by atoms with Crippen molar-refractivity contribution < 1.29 is 0 Å². The quantitative estimate of drug-likeness (QED) is 0.907. The number of nitrogens with one attached hydrogen (secondary N) is 1. The zero-order valence-electron chi connectivity index (χ0n) is 12.0. The molecule has 1 aromatic heterocycles. The van der Waals surface area contributed by atoms with Gasteiger partial charge in [0.05, 0.1) is 11.1 Å². The Kier molecular flexibility index (Phi) is 4.66. The van der Waals surface area contributed by atoms with Gasteiger partial charge in [0.1, 0.15) is 0 Å². The Hall–Kier alpha value is -1.26. The van der Waals surface area contributed by atoms with Crippen LogP contribution in [0.3, 0.4) is 0 Å². The van der Waals surface area contributed by atoms with Crippen LogP contribution < -0.4 is 5.32 Å². The van der Waals surface area contributed by atoms with E-state index in [-0.39, 0.29) is 0 Å². The van der Waals surface area contributed by atoms with Crippen molar-refractivity contribution in [1.29, 1.82) is 0 Å². The lowest BCUT2D eigenvalue weighted by molar-refractivity contribution is 0.584. The van der Waals surface area contributed by atoms with Crippen LogP contribution in [0.25, 0.3) is 0 Å². The number of hydrogen-bond acceptors (Lipinski definition) is 3. The minimum atomic E-state index is 0.497. The van der Waals surface area contributed by atoms with Crippen molar-refractivity contribution in [3.8, 4) is 0 Å². The number of rotatable bonds is 5. The Labute approximate surface area is 119 Å². The molecule has 0 aliphatic rings. The molecule has 2 aromatic rings. The molecule has 3 nitrogen and oxygen atoms in total. The van der Waals surface area contributed by atoms with E-state index in [1.165, 1.54) is 20.9 Å². The maximum Gasteiger partial charge on any atom is 0.0629 e. The summed E-state index contributed by atoms with van der Waals surface area (Å²) in [7, 11) is 1.94. The van der Waals surface area contributed by atoms with Crippen LogP contribution in [0.4, 0.5) is 0 Å². The molecule has 0 radical (unpaired) electrons. The Morgan fingerprint density at radius 3 is 2.79 bits per heavy atom. The lowest BCUT2D eigenvalue weighted by atomic mass is 10.1. The van der Waals surface area contributed by atoms with Crippen LogP contribution in [0.1, 0.15) is 25.0 Å². The maximum absolute atomic E-state index is 4.21. The summed E-state index contributed by atoms with van der Waals surface area (Å²) in [6.07, 6.45) is 3.95. The van der Waals surface area contributed by atoms with Crippen LogP contribution >= 0.6 is 11.8 Å². The number of hydrogen-bond donors (Lipinski definition) is 1. The number of nitrogens with zero attached hydrogens (tertiary/aromatic N) is 2. The van der Waals surface area contributed by atoms with Gasteiger partial charge in [-0.2, -0.15) is 5.10 Å². The van der Waals surface area contributed by atoms with Gasteiger partial charge < -0.3 is 5.32 Å². The second kappa shape index (κ2) is 6.26. The lowest BCUT2D eigenvalue weighted by Gasteiger charge is -2.12. The zero-order valence-corrected chi connectivity index (χ0v) is 12.8. The van der Waals surface area contributed by atoms with E-state index >= 15 is 0 Å². The zero-order chi connectivity index (χ0) is 13.8. The summed E-state index contributed by atoms with van der Waals surface area (Å²) in [6.45, 7) is 7.38. The summed E-state index contributed by atoms with van der Waals surface area (Å²) < 4.78 is 1.84. The Morgan fingerprint density at radius 1 is 1.37 bits per heavy atom. The molecule has 0 fully saturated rings. The van der Waals surface area contributed by atoms with Crippen LogP contribution in [0.5, 0.6) is 0 Å². The van der Waals surface area contributed by atoms with Crippen molar-refractivity contribution in [3.05, 3.63) is 41.7 Å². The molecule has 0 atom stereocenters. The first kappa shape index (κ1) is 14.2. The van der Waals surface area contributed by atoms with Crippen molar-refractivity contribution >= 4 is 11.8 Å². The summed E-state index contributed by atoms with van der Waals surface area (Å²) in [5.41, 5.74) is 2.65. The highest BCUT2D eigenvalue weighted by Crippen LogP contribution is 2.30. The molecule has 0 bridgehead atoms. The molecule has 0 saturated carbocycles. The van der Waals surface area contributed by atoms with Crippen LogP contribution in [-0.4, -0.2) is 15.8 Å². The van der Waals surface area contributed by atoms with E-state index < -0.39 is 0 Å². The van der Waals surface area contributed by atoms with Gasteiger partial charge >= 0.3 is 0 Å². The summed E-state index contributed by atoms with van der Waals surface area (Å²) in [4.78, 5) is 2.48. The van der Waals surface area contributed by atoms with Gasteiger partial charge in [0, 0.05) is 30.7 Å². The molecule has 0 spiro atoms. The van der Waals surface area contributed by atoms with Gasteiger partial charge in [-0.15, -0.1) is 0 Å². The van der Waals surface area contributed by atoms with Gasteiger partial charge in [0.15, 0.2) is 0 Å². The normalized spacial score (nSPS) is 11.2. The van der Waals surface area contributed by atoms with E-state index in [1.807, 2.05) is 24.1 Å². The predicted molar refractivity (Wildman–Crippen MR) is 80.5 cm³/mol. The maximum atomic E-state index is 4.21. The molecule has 1 aromatic carbocycles. The molecular weight excluding hydrogens is 254 g/mol. The van der Waals surface area contributed by atoms with Gasteiger partial charge in [-0.05, 0) is 18.6 Å². The first-order valence-corrected chi connectivity index (χ1v) is 7.35. The number of aromatic nitrogens is 2. The highest BCUT2D eigenvalue weighted by Gasteiger charge is 2.07. The van der Waals surface area contributed by atoms with Crippen molar-refractivity contribution in [3.63, 3.8) is 0 Å². The Bertz CT molecular complexity index is 546. The molecule has 0 amide bonds. The van der Waals surface area contributed by atoms with E-state index in [1.54, 1.807) is 11.8 Å². The molecule has 4 heteroatoms. The van der Waals surface area contributed by atoms with Crippen LogP contribution in [0.2, 0.25) is 0 Å². The first-order chi connectivity index (χ1) is 9.04. The fourth-order valence-corrected chi connectivity index (χ4v) is 2.80. The summed E-state index contributed by atoms with van der Waals surface area (Å²) in [6, 6.07) is 7.12. The van der Waals surface area contributed by atoms with Crippen LogP contribution in [0, 0.1) is 6.92 Å². The summed E-state index contributed by atoms with van der Waals surface area (Å²) in [5.74, 6) is 0. The monoisotopic (exact) mass is 275 g/mol. The number of benzene rings is 1. The lowest BCUT2D eigenvalue weighted by Crippen LogP contribution is -2.22. The fraction of sp³-hybridized carbons (Fsp3) is 0.400. The molecular formula is C15H21N3S. The third kappa shape index (κ3) is 4.11. The highest BCUT2D eigenvalue weighted by atomic mass is 32.2. The van der Waals surface area contributed by atoms with E-state index in [0.29, 0.717) is 6.04 Å². The minimum absolute atomic E-state index is 0.497. The van der Waals surface area contributed by atoms with Gasteiger partial charge in [-0.1, -0.05) is 43.3 Å². The number of aryl methyl sites for hydroxylation is 2. The molecule has 0 aliphatic carbocycles. The molecule has 0 saturated heterocycles. The molecule has 102 valence electrons.